The number of para-hydroxylation sites is 2. The van der Waals surface area contributed by atoms with E-state index in [2.05, 4.69) is 113 Å². The molecule has 1 atom stereocenters. The van der Waals surface area contributed by atoms with Crippen molar-refractivity contribution in [3.63, 3.8) is 0 Å². The van der Waals surface area contributed by atoms with Gasteiger partial charge in [0.1, 0.15) is 5.75 Å². The molecule has 4 heteroatoms. The summed E-state index contributed by atoms with van der Waals surface area (Å²) < 4.78 is 6.05. The van der Waals surface area contributed by atoms with E-state index < -0.39 is 7.92 Å². The van der Waals surface area contributed by atoms with Crippen molar-refractivity contribution in [3.8, 4) is 5.75 Å². The lowest BCUT2D eigenvalue weighted by molar-refractivity contribution is 0.414. The van der Waals surface area contributed by atoms with Gasteiger partial charge in [0.2, 0.25) is 0 Å². The molecule has 2 aliphatic heterocycles. The first-order valence-electron chi connectivity index (χ1n) is 13.0. The number of nitrogens with zero attached hydrogens (tertiary/aromatic N) is 2. The van der Waals surface area contributed by atoms with Gasteiger partial charge in [0.15, 0.2) is 0 Å². The van der Waals surface area contributed by atoms with Crippen LogP contribution in [0.1, 0.15) is 18.4 Å². The highest BCUT2D eigenvalue weighted by Gasteiger charge is 2.33. The van der Waals surface area contributed by atoms with Crippen LogP contribution < -0.4 is 30.5 Å². The van der Waals surface area contributed by atoms with Gasteiger partial charge in [0, 0.05) is 36.7 Å². The number of fused-ring (bicyclic) bond motifs is 1. The molecular weight excluding hydrogens is 459 g/mol. The number of hydrogen-bond donors (Lipinski definition) is 0. The summed E-state index contributed by atoms with van der Waals surface area (Å²) in [6, 6.07) is 38.0. The van der Waals surface area contributed by atoms with E-state index in [0.717, 1.165) is 31.8 Å². The average molecular weight is 493 g/mol. The first-order valence-corrected chi connectivity index (χ1v) is 14.3. The zero-order valence-electron chi connectivity index (χ0n) is 20.9. The minimum atomic E-state index is -0.717. The van der Waals surface area contributed by atoms with E-state index in [1.54, 1.807) is 0 Å². The number of benzene rings is 4. The van der Waals surface area contributed by atoms with E-state index in [-0.39, 0.29) is 0 Å². The van der Waals surface area contributed by atoms with E-state index in [4.69, 9.17) is 4.74 Å². The molecule has 1 fully saturated rings. The minimum Gasteiger partial charge on any atom is -0.495 e. The van der Waals surface area contributed by atoms with E-state index in [1.807, 2.05) is 7.11 Å². The van der Waals surface area contributed by atoms with Crippen LogP contribution in [0.3, 0.4) is 0 Å². The maximum absolute atomic E-state index is 6.05. The van der Waals surface area contributed by atoms with Gasteiger partial charge >= 0.3 is 0 Å². The molecule has 6 rings (SSSR count). The minimum absolute atomic E-state index is 0.467. The van der Waals surface area contributed by atoms with Crippen LogP contribution in [-0.4, -0.2) is 32.8 Å². The average Bonchev–Trinajstić information content (AvgIpc) is 3.57. The second-order valence-electron chi connectivity index (χ2n) is 9.65. The molecule has 182 valence electrons. The van der Waals surface area contributed by atoms with E-state index >= 15 is 0 Å². The fraction of sp³-hybridized carbons (Fsp3) is 0.250. The molecule has 0 spiro atoms. The Morgan fingerprint density at radius 3 is 2.19 bits per heavy atom. The Balaban J connectivity index is 1.42. The van der Waals surface area contributed by atoms with Crippen molar-refractivity contribution in [1.29, 1.82) is 0 Å². The lowest BCUT2D eigenvalue weighted by atomic mass is 10.1. The van der Waals surface area contributed by atoms with Gasteiger partial charge in [-0.1, -0.05) is 91.0 Å². The van der Waals surface area contributed by atoms with Gasteiger partial charge in [0.25, 0.3) is 0 Å². The lowest BCUT2D eigenvalue weighted by Gasteiger charge is -2.35. The molecule has 0 aliphatic carbocycles. The smallest absolute Gasteiger partial charge is 0.142 e. The molecule has 1 saturated heterocycles. The largest absolute Gasteiger partial charge is 0.495 e. The second kappa shape index (κ2) is 10.4. The van der Waals surface area contributed by atoms with Crippen LogP contribution in [-0.2, 0) is 6.42 Å². The van der Waals surface area contributed by atoms with Gasteiger partial charge in [-0.15, -0.1) is 0 Å². The summed E-state index contributed by atoms with van der Waals surface area (Å²) >= 11 is 0. The van der Waals surface area contributed by atoms with E-state index in [1.165, 1.54) is 45.7 Å². The number of rotatable bonds is 7. The zero-order chi connectivity index (χ0) is 24.3. The van der Waals surface area contributed by atoms with Crippen molar-refractivity contribution in [2.45, 2.75) is 25.3 Å². The molecule has 0 radical (unpaired) electrons. The van der Waals surface area contributed by atoms with Gasteiger partial charge < -0.3 is 14.5 Å². The standard InChI is InChI=1S/C32H33N2OP/c1-35-30-19-10-20-31(36(27-14-4-2-5-15-27)28-16-6-3-7-17-28)32(30)34-22-11-13-26(34)24-33-23-21-25-12-8-9-18-29(25)33/h2-10,12,14-20,26H,11,13,21-24H2,1H3/t26-/m0/s1. The van der Waals surface area contributed by atoms with Crippen molar-refractivity contribution in [2.75, 3.05) is 36.5 Å². The maximum atomic E-state index is 6.05. The molecule has 0 saturated carbocycles. The summed E-state index contributed by atoms with van der Waals surface area (Å²) in [5.74, 6) is 0.987. The fourth-order valence-corrected chi connectivity index (χ4v) is 8.38. The van der Waals surface area contributed by atoms with Crippen LogP contribution in [0.25, 0.3) is 0 Å². The highest BCUT2D eigenvalue weighted by molar-refractivity contribution is 7.80. The Morgan fingerprint density at radius 2 is 1.47 bits per heavy atom. The van der Waals surface area contributed by atoms with Gasteiger partial charge in [-0.2, -0.15) is 0 Å². The van der Waals surface area contributed by atoms with Crippen LogP contribution in [0.15, 0.2) is 103 Å². The zero-order valence-corrected chi connectivity index (χ0v) is 21.8. The Labute approximate surface area is 216 Å². The molecule has 0 bridgehead atoms. The van der Waals surface area contributed by atoms with Crippen molar-refractivity contribution in [2.24, 2.45) is 0 Å². The van der Waals surface area contributed by atoms with Crippen LogP contribution in [0.4, 0.5) is 11.4 Å². The lowest BCUT2D eigenvalue weighted by Crippen LogP contribution is -2.42. The summed E-state index contributed by atoms with van der Waals surface area (Å²) in [6.45, 7) is 3.24. The summed E-state index contributed by atoms with van der Waals surface area (Å²) in [5.41, 5.74) is 4.19. The molecule has 0 amide bonds. The molecule has 0 unspecified atom stereocenters. The molecule has 3 nitrogen and oxygen atoms in total. The third kappa shape index (κ3) is 4.38. The molecule has 0 aromatic heterocycles. The summed E-state index contributed by atoms with van der Waals surface area (Å²) in [6.07, 6.45) is 3.58. The number of hydrogen-bond acceptors (Lipinski definition) is 3. The first-order chi connectivity index (χ1) is 17.8. The van der Waals surface area contributed by atoms with Crippen LogP contribution in [0.5, 0.6) is 5.75 Å². The van der Waals surface area contributed by atoms with Crippen LogP contribution in [0.2, 0.25) is 0 Å². The van der Waals surface area contributed by atoms with Crippen molar-refractivity contribution >= 4 is 35.2 Å². The SMILES string of the molecule is COc1cccc(P(c2ccccc2)c2ccccc2)c1N1CCC[C@H]1CN1CCc2ccccc21. The van der Waals surface area contributed by atoms with E-state index in [9.17, 15) is 0 Å². The predicted octanol–water partition coefficient (Wildman–Crippen LogP) is 5.48. The molecule has 2 heterocycles. The van der Waals surface area contributed by atoms with E-state index in [0.29, 0.717) is 6.04 Å². The Kier molecular flexibility index (Phi) is 6.66. The molecule has 4 aromatic carbocycles. The second-order valence-corrected chi connectivity index (χ2v) is 11.8. The Hall–Kier alpha value is -3.29. The van der Waals surface area contributed by atoms with Crippen LogP contribution in [0, 0.1) is 0 Å². The number of ether oxygens (including phenoxy) is 1. The number of anilines is 2. The van der Waals surface area contributed by atoms with Crippen LogP contribution >= 0.6 is 7.92 Å². The van der Waals surface area contributed by atoms with Gasteiger partial charge in [-0.05, 0) is 55.5 Å². The number of methoxy groups -OCH3 is 1. The monoisotopic (exact) mass is 492 g/mol. The molecule has 0 N–H and O–H groups in total. The third-order valence-corrected chi connectivity index (χ3v) is 10.0. The predicted molar refractivity (Wildman–Crippen MR) is 154 cm³/mol. The Bertz CT molecular complexity index is 1270. The van der Waals surface area contributed by atoms with Crippen molar-refractivity contribution in [3.05, 3.63) is 109 Å². The first kappa shape index (κ1) is 23.1. The van der Waals surface area contributed by atoms with Crippen molar-refractivity contribution < 1.29 is 4.74 Å². The molecular formula is C32H33N2OP. The molecule has 4 aromatic rings. The maximum Gasteiger partial charge on any atom is 0.142 e. The normalized spacial score (nSPS) is 17.0. The van der Waals surface area contributed by atoms with Crippen molar-refractivity contribution in [1.82, 2.24) is 0 Å². The molecule has 36 heavy (non-hydrogen) atoms. The van der Waals surface area contributed by atoms with Gasteiger partial charge in [-0.3, -0.25) is 0 Å². The summed E-state index contributed by atoms with van der Waals surface area (Å²) in [4.78, 5) is 5.26. The highest BCUT2D eigenvalue weighted by atomic mass is 31.1. The quantitative estimate of drug-likeness (QED) is 0.318. The summed E-state index contributed by atoms with van der Waals surface area (Å²) in [7, 11) is 1.10. The molecule has 2 aliphatic rings. The highest BCUT2D eigenvalue weighted by Crippen LogP contribution is 2.43. The van der Waals surface area contributed by atoms with Gasteiger partial charge in [0.05, 0.1) is 12.8 Å². The third-order valence-electron chi connectivity index (χ3n) is 7.55. The Morgan fingerprint density at radius 1 is 0.778 bits per heavy atom. The fourth-order valence-electron chi connectivity index (χ4n) is 5.90. The topological polar surface area (TPSA) is 15.7 Å². The summed E-state index contributed by atoms with van der Waals surface area (Å²) in [5, 5.41) is 4.13. The van der Waals surface area contributed by atoms with Gasteiger partial charge in [-0.25, -0.2) is 0 Å².